The summed E-state index contributed by atoms with van der Waals surface area (Å²) in [6.07, 6.45) is -3.41. The standard InChI is InChI=1S/C17H17F3N6O2.C7H8O3S/c1-16(2)8-26(15(28)25-16)14-22-7-11(12(21)24-14)13(27)23-10-5-3-4-9(6-10)17(18,19)20;1-6-2-4-7(5-3-6)11(8,9)10/h3-7H,8H2,1-2H3,(H,23,27)(H,25,28)(H2,21,22,24);2-5H,1H3,(H,8,9,10). The molecule has 4 rings (SSSR count). The van der Waals surface area contributed by atoms with Gasteiger partial charge in [-0.2, -0.15) is 26.6 Å². The number of aryl methyl sites for hydroxylation is 1. The van der Waals surface area contributed by atoms with Gasteiger partial charge in [0, 0.05) is 11.9 Å². The number of nitrogens with two attached hydrogens (primary N) is 1. The topological polar surface area (TPSA) is 168 Å². The van der Waals surface area contributed by atoms with Crippen molar-refractivity contribution in [2.45, 2.75) is 37.4 Å². The van der Waals surface area contributed by atoms with Gasteiger partial charge in [-0.3, -0.25) is 14.2 Å². The summed E-state index contributed by atoms with van der Waals surface area (Å²) in [5.74, 6) is -0.947. The lowest BCUT2D eigenvalue weighted by Crippen LogP contribution is -2.36. The minimum atomic E-state index is -4.53. The minimum absolute atomic E-state index is 0.0243. The number of halogens is 3. The fourth-order valence-corrected chi connectivity index (χ4v) is 3.88. The van der Waals surface area contributed by atoms with Crippen LogP contribution in [0.1, 0.15) is 35.3 Å². The second-order valence-corrected chi connectivity index (χ2v) is 10.6. The molecule has 0 aliphatic carbocycles. The van der Waals surface area contributed by atoms with Gasteiger partial charge in [-0.1, -0.05) is 23.8 Å². The average Bonchev–Trinajstić information content (AvgIpc) is 3.10. The monoisotopic (exact) mass is 566 g/mol. The maximum absolute atomic E-state index is 12.8. The third-order valence-corrected chi connectivity index (χ3v) is 6.17. The lowest BCUT2D eigenvalue weighted by Gasteiger charge is -2.17. The first kappa shape index (κ1) is 29.3. The summed E-state index contributed by atoms with van der Waals surface area (Å²) < 4.78 is 67.9. The van der Waals surface area contributed by atoms with Gasteiger partial charge in [0.1, 0.15) is 11.4 Å². The molecule has 208 valence electrons. The van der Waals surface area contributed by atoms with E-state index in [1.807, 2.05) is 20.8 Å². The molecule has 1 aromatic heterocycles. The number of nitrogen functional groups attached to an aromatic ring is 1. The summed E-state index contributed by atoms with van der Waals surface area (Å²) in [5, 5.41) is 5.07. The van der Waals surface area contributed by atoms with Gasteiger partial charge in [-0.15, -0.1) is 0 Å². The maximum atomic E-state index is 12.8. The lowest BCUT2D eigenvalue weighted by molar-refractivity contribution is -0.137. The fraction of sp³-hybridized carbons (Fsp3) is 0.250. The Morgan fingerprint density at radius 3 is 2.33 bits per heavy atom. The highest BCUT2D eigenvalue weighted by atomic mass is 32.2. The second kappa shape index (κ2) is 10.9. The molecule has 2 heterocycles. The van der Waals surface area contributed by atoms with Gasteiger partial charge in [0.2, 0.25) is 5.95 Å². The third kappa shape index (κ3) is 7.64. The first-order valence-electron chi connectivity index (χ1n) is 11.2. The summed E-state index contributed by atoms with van der Waals surface area (Å²) in [5.41, 5.74) is 5.21. The molecule has 0 spiro atoms. The van der Waals surface area contributed by atoms with Crippen LogP contribution in [0, 0.1) is 6.92 Å². The zero-order chi connectivity index (χ0) is 29.2. The Morgan fingerprint density at radius 2 is 1.82 bits per heavy atom. The van der Waals surface area contributed by atoms with Gasteiger partial charge in [0.05, 0.1) is 22.5 Å². The van der Waals surface area contributed by atoms with E-state index in [0.717, 1.165) is 23.9 Å². The number of aromatic nitrogens is 2. The van der Waals surface area contributed by atoms with Crippen molar-refractivity contribution in [1.29, 1.82) is 0 Å². The van der Waals surface area contributed by atoms with Crippen LogP contribution >= 0.6 is 0 Å². The molecular weight excluding hydrogens is 541 g/mol. The molecule has 0 bridgehead atoms. The van der Waals surface area contributed by atoms with Gasteiger partial charge < -0.3 is 16.4 Å². The zero-order valence-electron chi connectivity index (χ0n) is 20.9. The Morgan fingerprint density at radius 1 is 1.18 bits per heavy atom. The smallest absolute Gasteiger partial charge is 0.383 e. The molecule has 3 aromatic rings. The summed E-state index contributed by atoms with van der Waals surface area (Å²) in [6, 6.07) is 9.78. The van der Waals surface area contributed by atoms with Crippen molar-refractivity contribution in [2.24, 2.45) is 0 Å². The van der Waals surface area contributed by atoms with Crippen LogP contribution in [0.25, 0.3) is 0 Å². The zero-order valence-corrected chi connectivity index (χ0v) is 21.8. The Bertz CT molecular complexity index is 1490. The van der Waals surface area contributed by atoms with Crippen LogP contribution in [0.2, 0.25) is 0 Å². The van der Waals surface area contributed by atoms with E-state index in [4.69, 9.17) is 10.3 Å². The normalized spacial score (nSPS) is 14.7. The summed E-state index contributed by atoms with van der Waals surface area (Å²) in [6.45, 7) is 5.80. The van der Waals surface area contributed by atoms with Crippen molar-refractivity contribution < 1.29 is 35.7 Å². The molecule has 0 unspecified atom stereocenters. The maximum Gasteiger partial charge on any atom is 0.416 e. The molecule has 11 nitrogen and oxygen atoms in total. The Balaban J connectivity index is 0.000000320. The Labute approximate surface area is 222 Å². The van der Waals surface area contributed by atoms with Crippen molar-refractivity contribution in [3.8, 4) is 0 Å². The molecule has 0 radical (unpaired) electrons. The molecule has 3 amide bonds. The Kier molecular flexibility index (Phi) is 8.16. The number of nitrogens with one attached hydrogen (secondary N) is 2. The molecule has 0 atom stereocenters. The number of hydrogen-bond donors (Lipinski definition) is 4. The largest absolute Gasteiger partial charge is 0.416 e. The predicted molar refractivity (Wildman–Crippen MR) is 137 cm³/mol. The highest BCUT2D eigenvalue weighted by Crippen LogP contribution is 2.31. The van der Waals surface area contributed by atoms with Gasteiger partial charge >= 0.3 is 12.2 Å². The van der Waals surface area contributed by atoms with Gasteiger partial charge in [-0.25, -0.2) is 9.78 Å². The van der Waals surface area contributed by atoms with E-state index < -0.39 is 39.3 Å². The predicted octanol–water partition coefficient (Wildman–Crippen LogP) is 3.88. The van der Waals surface area contributed by atoms with Crippen LogP contribution in [0.5, 0.6) is 0 Å². The van der Waals surface area contributed by atoms with E-state index in [-0.39, 0.29) is 27.9 Å². The highest BCUT2D eigenvalue weighted by molar-refractivity contribution is 7.85. The van der Waals surface area contributed by atoms with Crippen LogP contribution in [0.3, 0.4) is 0 Å². The fourth-order valence-electron chi connectivity index (χ4n) is 3.40. The van der Waals surface area contributed by atoms with Crippen molar-refractivity contribution in [3.63, 3.8) is 0 Å². The van der Waals surface area contributed by atoms with E-state index >= 15 is 0 Å². The van der Waals surface area contributed by atoms with Crippen molar-refractivity contribution >= 4 is 39.5 Å². The molecule has 1 fully saturated rings. The first-order chi connectivity index (χ1) is 18.0. The molecule has 1 aliphatic rings. The first-order valence-corrected chi connectivity index (χ1v) is 12.7. The lowest BCUT2D eigenvalue weighted by atomic mass is 10.1. The number of benzene rings is 2. The molecule has 15 heteroatoms. The number of nitrogens with zero attached hydrogens (tertiary/aromatic N) is 3. The van der Waals surface area contributed by atoms with Crippen LogP contribution in [0.4, 0.5) is 35.4 Å². The molecular formula is C24H25F3N6O5S. The molecule has 0 saturated carbocycles. The van der Waals surface area contributed by atoms with E-state index in [1.165, 1.54) is 29.2 Å². The number of urea groups is 1. The number of carbonyl (C=O) groups excluding carboxylic acids is 2. The van der Waals surface area contributed by atoms with Gasteiger partial charge in [0.25, 0.3) is 16.0 Å². The number of carbonyl (C=O) groups is 2. The number of hydrogen-bond acceptors (Lipinski definition) is 7. The van der Waals surface area contributed by atoms with E-state index in [9.17, 15) is 31.2 Å². The summed E-state index contributed by atoms with van der Waals surface area (Å²) in [7, 11) is -4.02. The van der Waals surface area contributed by atoms with E-state index in [1.54, 1.807) is 12.1 Å². The molecule has 1 aliphatic heterocycles. The van der Waals surface area contributed by atoms with Crippen LogP contribution < -0.4 is 21.3 Å². The average molecular weight is 567 g/mol. The van der Waals surface area contributed by atoms with E-state index in [0.29, 0.717) is 6.54 Å². The third-order valence-electron chi connectivity index (χ3n) is 5.30. The molecule has 1 saturated heterocycles. The second-order valence-electron chi connectivity index (χ2n) is 9.19. The SMILES string of the molecule is CC1(C)CN(c2ncc(C(=O)Nc3cccc(C(F)(F)F)c3)c(N)n2)C(=O)N1.Cc1ccc(S(=O)(=O)O)cc1. The molecule has 39 heavy (non-hydrogen) atoms. The van der Waals surface area contributed by atoms with Crippen LogP contribution in [-0.4, -0.2) is 47.0 Å². The highest BCUT2D eigenvalue weighted by Gasteiger charge is 2.37. The number of alkyl halides is 3. The van der Waals surface area contributed by atoms with Gasteiger partial charge in [-0.05, 0) is 51.1 Å². The summed E-state index contributed by atoms with van der Waals surface area (Å²) >= 11 is 0. The van der Waals surface area contributed by atoms with Crippen molar-refractivity contribution in [2.75, 3.05) is 22.5 Å². The molecule has 2 aromatic carbocycles. The summed E-state index contributed by atoms with van der Waals surface area (Å²) in [4.78, 5) is 33.5. The molecule has 5 N–H and O–H groups in total. The number of anilines is 3. The van der Waals surface area contributed by atoms with Crippen LogP contribution in [0.15, 0.2) is 59.6 Å². The quantitative estimate of drug-likeness (QED) is 0.345. The minimum Gasteiger partial charge on any atom is -0.383 e. The van der Waals surface area contributed by atoms with Crippen molar-refractivity contribution in [3.05, 3.63) is 71.4 Å². The van der Waals surface area contributed by atoms with Crippen LogP contribution in [-0.2, 0) is 16.3 Å². The Hall–Kier alpha value is -4.24. The van der Waals surface area contributed by atoms with Crippen molar-refractivity contribution in [1.82, 2.24) is 15.3 Å². The number of amides is 3. The van der Waals surface area contributed by atoms with Gasteiger partial charge in [0.15, 0.2) is 0 Å². The number of rotatable bonds is 4. The van der Waals surface area contributed by atoms with E-state index in [2.05, 4.69) is 20.6 Å².